The van der Waals surface area contributed by atoms with Crippen molar-refractivity contribution in [3.63, 3.8) is 0 Å². The van der Waals surface area contributed by atoms with Crippen LogP contribution in [0.4, 0.5) is 11.6 Å². The van der Waals surface area contributed by atoms with Gasteiger partial charge in [0.05, 0.1) is 29.7 Å². The highest BCUT2D eigenvalue weighted by atomic mass is 16.6. The van der Waals surface area contributed by atoms with Gasteiger partial charge in [-0.2, -0.15) is 0 Å². The summed E-state index contributed by atoms with van der Waals surface area (Å²) in [6.45, 7) is 12.4. The fourth-order valence-corrected chi connectivity index (χ4v) is 4.74. The second-order valence-electron chi connectivity index (χ2n) is 11.0. The van der Waals surface area contributed by atoms with Gasteiger partial charge in [0.15, 0.2) is 0 Å². The van der Waals surface area contributed by atoms with Crippen LogP contribution in [0.5, 0.6) is 5.88 Å². The van der Waals surface area contributed by atoms with Crippen molar-refractivity contribution in [3.8, 4) is 5.88 Å². The summed E-state index contributed by atoms with van der Waals surface area (Å²) in [5.74, 6) is 1.20. The third kappa shape index (κ3) is 4.53. The molecule has 1 fully saturated rings. The summed E-state index contributed by atoms with van der Waals surface area (Å²) in [6, 6.07) is 5.40. The molecule has 2 atom stereocenters. The van der Waals surface area contributed by atoms with Crippen LogP contribution < -0.4 is 15.8 Å². The maximum atomic E-state index is 12.5. The van der Waals surface area contributed by atoms with Crippen LogP contribution in [0.2, 0.25) is 0 Å². The number of rotatable bonds is 6. The van der Waals surface area contributed by atoms with Crippen LogP contribution in [0, 0.1) is 0 Å². The van der Waals surface area contributed by atoms with Crippen molar-refractivity contribution in [1.29, 1.82) is 0 Å². The van der Waals surface area contributed by atoms with E-state index in [9.17, 15) is 9.59 Å². The maximum absolute atomic E-state index is 12.5. The number of hydrogen-bond acceptors (Lipinski definition) is 9. The zero-order valence-electron chi connectivity index (χ0n) is 22.7. The second-order valence-corrected chi connectivity index (χ2v) is 11.0. The van der Waals surface area contributed by atoms with Crippen molar-refractivity contribution in [2.75, 3.05) is 18.4 Å². The summed E-state index contributed by atoms with van der Waals surface area (Å²) >= 11 is 0. The predicted molar refractivity (Wildman–Crippen MR) is 143 cm³/mol. The van der Waals surface area contributed by atoms with Crippen LogP contribution in [0.25, 0.3) is 10.8 Å². The number of anilines is 2. The number of nitrogens with one attached hydrogen (secondary N) is 1. The summed E-state index contributed by atoms with van der Waals surface area (Å²) in [5, 5.41) is 4.91. The van der Waals surface area contributed by atoms with Gasteiger partial charge in [0.1, 0.15) is 23.3 Å². The Morgan fingerprint density at radius 3 is 2.66 bits per heavy atom. The van der Waals surface area contributed by atoms with E-state index in [0.29, 0.717) is 48.3 Å². The zero-order valence-corrected chi connectivity index (χ0v) is 22.7. The number of fused-ring (bicyclic) bond motifs is 2. The van der Waals surface area contributed by atoms with E-state index in [2.05, 4.69) is 15.3 Å². The molecule has 2 aliphatic heterocycles. The highest BCUT2D eigenvalue weighted by Crippen LogP contribution is 2.39. The van der Waals surface area contributed by atoms with Crippen LogP contribution in [0.15, 0.2) is 30.6 Å². The third-order valence-electron chi connectivity index (χ3n) is 7.87. The third-order valence-corrected chi connectivity index (χ3v) is 7.87. The number of nitrogens with zero attached hydrogens (tertiary/aromatic N) is 4. The molecule has 10 heteroatoms. The molecule has 0 saturated carbocycles. The van der Waals surface area contributed by atoms with Crippen LogP contribution in [0.3, 0.4) is 0 Å². The number of hydrogen-bond donors (Lipinski definition) is 2. The molecule has 3 aromatic heterocycles. The number of cyclic esters (lactones) is 1. The standard InChI is InChI=1S/C28H34N6O4/c1-7-28(6,29)21-12-31-25(37-17-13-34(14-17)16(3)35)20-11-30-23(10-19(20)21)32-22-9-8-18-24(33-22)15(2)27(4,5)38-26(18)36/h8-12,15,17H,7,13-14,29H2,1-6H3,(H,30,32,33)/t15-,28-/m1/s1. The molecule has 38 heavy (non-hydrogen) atoms. The molecule has 3 N–H and O–H groups in total. The fourth-order valence-electron chi connectivity index (χ4n) is 4.74. The largest absolute Gasteiger partial charge is 0.470 e. The molecule has 5 heterocycles. The van der Waals surface area contributed by atoms with Gasteiger partial charge in [0.2, 0.25) is 11.8 Å². The number of carbonyl (C=O) groups excluding carboxylic acids is 2. The number of nitrogens with two attached hydrogens (primary N) is 1. The van der Waals surface area contributed by atoms with E-state index in [1.165, 1.54) is 0 Å². The average Bonchev–Trinajstić information content (AvgIpc) is 2.83. The quantitative estimate of drug-likeness (QED) is 0.464. The summed E-state index contributed by atoms with van der Waals surface area (Å²) in [6.07, 6.45) is 4.07. The fraction of sp³-hybridized carbons (Fsp3) is 0.464. The van der Waals surface area contributed by atoms with E-state index in [-0.39, 0.29) is 23.9 Å². The van der Waals surface area contributed by atoms with Crippen molar-refractivity contribution in [3.05, 3.63) is 47.4 Å². The molecular weight excluding hydrogens is 484 g/mol. The van der Waals surface area contributed by atoms with Crippen molar-refractivity contribution >= 4 is 34.3 Å². The van der Waals surface area contributed by atoms with Crippen molar-refractivity contribution < 1.29 is 19.1 Å². The minimum absolute atomic E-state index is 0.0304. The smallest absolute Gasteiger partial charge is 0.340 e. The van der Waals surface area contributed by atoms with E-state index in [4.69, 9.17) is 20.2 Å². The van der Waals surface area contributed by atoms with Gasteiger partial charge in [-0.05, 0) is 56.3 Å². The lowest BCUT2D eigenvalue weighted by atomic mass is 9.84. The van der Waals surface area contributed by atoms with Gasteiger partial charge in [-0.1, -0.05) is 13.8 Å². The summed E-state index contributed by atoms with van der Waals surface area (Å²) in [7, 11) is 0. The Bertz CT molecular complexity index is 1430. The van der Waals surface area contributed by atoms with E-state index in [0.717, 1.165) is 16.3 Å². The lowest BCUT2D eigenvalue weighted by Crippen LogP contribution is -2.55. The monoisotopic (exact) mass is 518 g/mol. The molecule has 200 valence electrons. The molecule has 1 amide bonds. The van der Waals surface area contributed by atoms with Gasteiger partial charge >= 0.3 is 5.97 Å². The molecule has 0 aliphatic carbocycles. The van der Waals surface area contributed by atoms with E-state index < -0.39 is 11.1 Å². The number of aromatic nitrogens is 3. The van der Waals surface area contributed by atoms with Gasteiger partial charge in [-0.3, -0.25) is 4.79 Å². The summed E-state index contributed by atoms with van der Waals surface area (Å²) in [4.78, 5) is 39.7. The van der Waals surface area contributed by atoms with Gasteiger partial charge < -0.3 is 25.4 Å². The minimum Gasteiger partial charge on any atom is -0.470 e. The van der Waals surface area contributed by atoms with E-state index >= 15 is 0 Å². The molecule has 0 bridgehead atoms. The number of carbonyl (C=O) groups is 2. The Hall–Kier alpha value is -3.79. The molecule has 1 saturated heterocycles. The molecule has 0 aromatic carbocycles. The van der Waals surface area contributed by atoms with Gasteiger partial charge in [-0.15, -0.1) is 0 Å². The molecule has 10 nitrogen and oxygen atoms in total. The summed E-state index contributed by atoms with van der Waals surface area (Å²) < 4.78 is 11.7. The first-order valence-electron chi connectivity index (χ1n) is 12.9. The number of ether oxygens (including phenoxy) is 2. The molecule has 5 rings (SSSR count). The first-order chi connectivity index (χ1) is 17.9. The topological polar surface area (TPSA) is 133 Å². The Labute approximate surface area is 221 Å². The normalized spacial score (nSPS) is 20.2. The van der Waals surface area contributed by atoms with Crippen LogP contribution in [-0.4, -0.2) is 56.5 Å². The molecule has 3 aromatic rings. The van der Waals surface area contributed by atoms with Gasteiger partial charge in [0.25, 0.3) is 0 Å². The zero-order chi connectivity index (χ0) is 27.4. The molecule has 2 aliphatic rings. The highest BCUT2D eigenvalue weighted by Gasteiger charge is 2.40. The lowest BCUT2D eigenvalue weighted by Gasteiger charge is -2.38. The maximum Gasteiger partial charge on any atom is 0.340 e. The SMILES string of the molecule is CC[C@@](C)(N)c1cnc(OC2CN(C(C)=O)C2)c2cnc(Nc3ccc4c(n3)[C@@H](C)C(C)(C)OC4=O)cc12. The van der Waals surface area contributed by atoms with E-state index in [1.54, 1.807) is 36.4 Å². The first-order valence-corrected chi connectivity index (χ1v) is 12.9. The Morgan fingerprint density at radius 1 is 1.24 bits per heavy atom. The Kier molecular flexibility index (Phi) is 6.25. The first kappa shape index (κ1) is 25.8. The summed E-state index contributed by atoms with van der Waals surface area (Å²) in [5.41, 5.74) is 7.44. The minimum atomic E-state index is -0.650. The second kappa shape index (κ2) is 9.20. The lowest BCUT2D eigenvalue weighted by molar-refractivity contribution is -0.137. The van der Waals surface area contributed by atoms with Crippen molar-refractivity contribution in [1.82, 2.24) is 19.9 Å². The Balaban J connectivity index is 1.49. The van der Waals surface area contributed by atoms with Crippen molar-refractivity contribution in [2.24, 2.45) is 5.73 Å². The molecule has 0 unspecified atom stereocenters. The number of esters is 1. The van der Waals surface area contributed by atoms with Crippen molar-refractivity contribution in [2.45, 2.75) is 71.1 Å². The van der Waals surface area contributed by atoms with Gasteiger partial charge in [-0.25, -0.2) is 19.7 Å². The predicted octanol–water partition coefficient (Wildman–Crippen LogP) is 4.01. The van der Waals surface area contributed by atoms with E-state index in [1.807, 2.05) is 40.7 Å². The van der Waals surface area contributed by atoms with Gasteiger partial charge in [0, 0.05) is 30.8 Å². The average molecular weight is 519 g/mol. The van der Waals surface area contributed by atoms with Crippen LogP contribution >= 0.6 is 0 Å². The molecule has 0 radical (unpaired) electrons. The molecular formula is C28H34N6O4. The molecule has 0 spiro atoms. The number of amides is 1. The number of likely N-dealkylation sites (tertiary alicyclic amines) is 1. The number of pyridine rings is 3. The Morgan fingerprint density at radius 2 is 1.97 bits per heavy atom. The van der Waals surface area contributed by atoms with Crippen LogP contribution in [-0.2, 0) is 15.1 Å². The highest BCUT2D eigenvalue weighted by molar-refractivity contribution is 5.93. The van der Waals surface area contributed by atoms with Crippen LogP contribution in [0.1, 0.15) is 75.5 Å².